The number of hydrogen-bond acceptors (Lipinski definition) is 4. The molecule has 0 aliphatic heterocycles. The average molecular weight is 300 g/mol. The van der Waals surface area contributed by atoms with Crippen LogP contribution in [-0.4, -0.2) is 22.5 Å². The summed E-state index contributed by atoms with van der Waals surface area (Å²) in [6, 6.07) is 6.64. The number of anilines is 1. The van der Waals surface area contributed by atoms with Crippen LogP contribution in [0.5, 0.6) is 5.75 Å². The van der Waals surface area contributed by atoms with Crippen molar-refractivity contribution in [2.24, 2.45) is 0 Å². The molecule has 0 spiro atoms. The smallest absolute Gasteiger partial charge is 0.387 e. The summed E-state index contributed by atoms with van der Waals surface area (Å²) in [4.78, 5) is 19.3. The van der Waals surface area contributed by atoms with Gasteiger partial charge in [-0.25, -0.2) is 9.97 Å². The van der Waals surface area contributed by atoms with Crippen molar-refractivity contribution in [2.75, 3.05) is 5.32 Å². The fourth-order valence-corrected chi connectivity index (χ4v) is 1.53. The highest BCUT2D eigenvalue weighted by Gasteiger charge is 2.09. The molecule has 0 radical (unpaired) electrons. The number of ether oxygens (including phenoxy) is 1. The Kier molecular flexibility index (Phi) is 4.41. The quantitative estimate of drug-likeness (QED) is 0.882. The van der Waals surface area contributed by atoms with Crippen molar-refractivity contribution < 1.29 is 18.3 Å². The van der Waals surface area contributed by atoms with E-state index in [1.807, 2.05) is 0 Å². The lowest BCUT2D eigenvalue weighted by Gasteiger charge is -2.06. The topological polar surface area (TPSA) is 64.1 Å². The van der Waals surface area contributed by atoms with E-state index in [1.165, 1.54) is 36.7 Å². The van der Waals surface area contributed by atoms with Crippen molar-refractivity contribution in [3.05, 3.63) is 47.4 Å². The van der Waals surface area contributed by atoms with Crippen molar-refractivity contribution >= 4 is 23.3 Å². The van der Waals surface area contributed by atoms with Gasteiger partial charge in [-0.1, -0.05) is 11.6 Å². The summed E-state index contributed by atoms with van der Waals surface area (Å²) < 4.78 is 28.1. The van der Waals surface area contributed by atoms with Crippen molar-refractivity contribution in [3.8, 4) is 5.75 Å². The van der Waals surface area contributed by atoms with Crippen LogP contribution in [-0.2, 0) is 0 Å². The number of alkyl halides is 2. The first kappa shape index (κ1) is 14.1. The summed E-state index contributed by atoms with van der Waals surface area (Å²) in [5, 5.41) is 2.69. The molecule has 1 heterocycles. The molecule has 0 fully saturated rings. The highest BCUT2D eigenvalue weighted by Crippen LogP contribution is 2.16. The highest BCUT2D eigenvalue weighted by atomic mass is 35.5. The van der Waals surface area contributed by atoms with Crippen molar-refractivity contribution in [1.82, 2.24) is 9.97 Å². The maximum Gasteiger partial charge on any atom is 0.387 e. The van der Waals surface area contributed by atoms with E-state index in [2.05, 4.69) is 20.0 Å². The molecule has 20 heavy (non-hydrogen) atoms. The maximum absolute atomic E-state index is 12.0. The molecule has 0 unspecified atom stereocenters. The van der Waals surface area contributed by atoms with Crippen molar-refractivity contribution in [1.29, 1.82) is 0 Å². The number of benzene rings is 1. The van der Waals surface area contributed by atoms with Crippen molar-refractivity contribution in [2.45, 2.75) is 6.61 Å². The highest BCUT2D eigenvalue weighted by molar-refractivity contribution is 6.29. The summed E-state index contributed by atoms with van der Waals surface area (Å²) >= 11 is 5.65. The minimum absolute atomic E-state index is 0.0263. The molecule has 5 nitrogen and oxygen atoms in total. The van der Waals surface area contributed by atoms with E-state index >= 15 is 0 Å². The van der Waals surface area contributed by atoms with Crippen LogP contribution in [0.1, 0.15) is 10.4 Å². The molecule has 104 valence electrons. The zero-order chi connectivity index (χ0) is 14.5. The zero-order valence-electron chi connectivity index (χ0n) is 9.89. The minimum Gasteiger partial charge on any atom is -0.435 e. The van der Waals surface area contributed by atoms with E-state index in [0.717, 1.165) is 0 Å². The number of halogens is 3. The van der Waals surface area contributed by atoms with Crippen LogP contribution in [0, 0.1) is 0 Å². The van der Waals surface area contributed by atoms with Gasteiger partial charge in [0.15, 0.2) is 0 Å². The fraction of sp³-hybridized carbons (Fsp3) is 0.0833. The Hall–Kier alpha value is -2.28. The second-order valence-electron chi connectivity index (χ2n) is 3.58. The standard InChI is InChI=1S/C12H8ClF2N3O2/c13-9-5-10(17-6-16-9)18-11(19)7-1-3-8(4-2-7)20-12(14)15/h1-6,12H,(H,16,17,18,19). The molecule has 0 saturated heterocycles. The van der Waals surface area contributed by atoms with Crippen LogP contribution in [0.15, 0.2) is 36.7 Å². The first-order valence-electron chi connectivity index (χ1n) is 5.38. The molecule has 8 heteroatoms. The lowest BCUT2D eigenvalue weighted by atomic mass is 10.2. The predicted octanol–water partition coefficient (Wildman–Crippen LogP) is 2.98. The normalized spacial score (nSPS) is 10.4. The summed E-state index contributed by atoms with van der Waals surface area (Å²) in [6.07, 6.45) is 1.21. The predicted molar refractivity (Wildman–Crippen MR) is 68.1 cm³/mol. The SMILES string of the molecule is O=C(Nc1cc(Cl)ncn1)c1ccc(OC(F)F)cc1. The van der Waals surface area contributed by atoms with Gasteiger partial charge < -0.3 is 10.1 Å². The van der Waals surface area contributed by atoms with Crippen molar-refractivity contribution in [3.63, 3.8) is 0 Å². The molecule has 1 aromatic heterocycles. The molecule has 1 aromatic carbocycles. The molecular formula is C12H8ClF2N3O2. The van der Waals surface area contributed by atoms with E-state index in [4.69, 9.17) is 11.6 Å². The number of amides is 1. The Morgan fingerprint density at radius 1 is 1.25 bits per heavy atom. The number of hydrogen-bond donors (Lipinski definition) is 1. The molecule has 0 bridgehead atoms. The van der Waals surface area contributed by atoms with Crippen LogP contribution in [0.4, 0.5) is 14.6 Å². The molecule has 2 rings (SSSR count). The number of carbonyl (C=O) groups is 1. The van der Waals surface area contributed by atoms with Gasteiger partial charge in [-0.05, 0) is 24.3 Å². The van der Waals surface area contributed by atoms with E-state index in [1.54, 1.807) is 0 Å². The Balaban J connectivity index is 2.06. The number of nitrogens with one attached hydrogen (secondary N) is 1. The maximum atomic E-state index is 12.0. The van der Waals surface area contributed by atoms with E-state index in [0.29, 0.717) is 0 Å². The summed E-state index contributed by atoms with van der Waals surface area (Å²) in [5.41, 5.74) is 0.265. The largest absolute Gasteiger partial charge is 0.435 e. The van der Waals surface area contributed by atoms with Gasteiger partial charge in [-0.2, -0.15) is 8.78 Å². The first-order valence-corrected chi connectivity index (χ1v) is 5.76. The molecule has 1 amide bonds. The summed E-state index contributed by atoms with van der Waals surface area (Å²) in [7, 11) is 0. The summed E-state index contributed by atoms with van der Waals surface area (Å²) in [5.74, 6) is -0.243. The van der Waals surface area contributed by atoms with Crippen LogP contribution < -0.4 is 10.1 Å². The number of nitrogens with zero attached hydrogens (tertiary/aromatic N) is 2. The van der Waals surface area contributed by atoms with Gasteiger partial charge in [-0.3, -0.25) is 4.79 Å². The monoisotopic (exact) mass is 299 g/mol. The molecule has 2 aromatic rings. The third kappa shape index (κ3) is 3.86. The Morgan fingerprint density at radius 3 is 2.55 bits per heavy atom. The van der Waals surface area contributed by atoms with Crippen LogP contribution in [0.25, 0.3) is 0 Å². The lowest BCUT2D eigenvalue weighted by Crippen LogP contribution is -2.13. The number of carbonyl (C=O) groups excluding carboxylic acids is 1. The molecular weight excluding hydrogens is 292 g/mol. The number of aromatic nitrogens is 2. The van der Waals surface area contributed by atoms with Gasteiger partial charge >= 0.3 is 6.61 Å². The van der Waals surface area contributed by atoms with E-state index < -0.39 is 12.5 Å². The van der Waals surface area contributed by atoms with Gasteiger partial charge in [0.25, 0.3) is 5.91 Å². The molecule has 0 atom stereocenters. The van der Waals surface area contributed by atoms with Crippen LogP contribution in [0.2, 0.25) is 5.15 Å². The Bertz CT molecular complexity index is 608. The third-order valence-corrected chi connectivity index (χ3v) is 2.42. The Labute approximate surface area is 117 Å². The molecule has 0 saturated carbocycles. The number of rotatable bonds is 4. The Morgan fingerprint density at radius 2 is 1.95 bits per heavy atom. The zero-order valence-corrected chi connectivity index (χ0v) is 10.6. The second-order valence-corrected chi connectivity index (χ2v) is 3.97. The molecule has 0 aliphatic carbocycles. The van der Waals surface area contributed by atoms with E-state index in [-0.39, 0.29) is 22.3 Å². The molecule has 1 N–H and O–H groups in total. The molecule has 0 aliphatic rings. The average Bonchev–Trinajstić information content (AvgIpc) is 2.38. The summed E-state index contributed by atoms with van der Waals surface area (Å²) in [6.45, 7) is -2.90. The lowest BCUT2D eigenvalue weighted by molar-refractivity contribution is -0.0498. The fourth-order valence-electron chi connectivity index (χ4n) is 1.38. The van der Waals surface area contributed by atoms with Gasteiger partial charge in [0.05, 0.1) is 0 Å². The first-order chi connectivity index (χ1) is 9.54. The van der Waals surface area contributed by atoms with Crippen LogP contribution >= 0.6 is 11.6 Å². The minimum atomic E-state index is -2.90. The van der Waals surface area contributed by atoms with Gasteiger partial charge in [0, 0.05) is 11.6 Å². The van der Waals surface area contributed by atoms with Crippen LogP contribution in [0.3, 0.4) is 0 Å². The van der Waals surface area contributed by atoms with Gasteiger partial charge in [0.1, 0.15) is 23.0 Å². The van der Waals surface area contributed by atoms with Gasteiger partial charge in [0.2, 0.25) is 0 Å². The second kappa shape index (κ2) is 6.25. The third-order valence-electron chi connectivity index (χ3n) is 2.22. The van der Waals surface area contributed by atoms with Gasteiger partial charge in [-0.15, -0.1) is 0 Å². The van der Waals surface area contributed by atoms with E-state index in [9.17, 15) is 13.6 Å².